The van der Waals surface area contributed by atoms with E-state index in [4.69, 9.17) is 9.47 Å². The third kappa shape index (κ3) is 2.45. The molecule has 1 aliphatic rings. The van der Waals surface area contributed by atoms with E-state index in [-0.39, 0.29) is 17.9 Å². The molecule has 6 heteroatoms. The third-order valence-corrected chi connectivity index (χ3v) is 4.03. The molecule has 0 aromatic carbocycles. The Balaban J connectivity index is 2.34. The Morgan fingerprint density at radius 3 is 2.75 bits per heavy atom. The molecule has 20 heavy (non-hydrogen) atoms. The summed E-state index contributed by atoms with van der Waals surface area (Å²) >= 11 is 0. The summed E-state index contributed by atoms with van der Waals surface area (Å²) in [5.41, 5.74) is -1.59. The molecule has 2 rings (SSSR count). The largest absolute Gasteiger partial charge is 0.478 e. The molecule has 1 saturated heterocycles. The van der Waals surface area contributed by atoms with E-state index >= 15 is 0 Å². The van der Waals surface area contributed by atoms with Gasteiger partial charge < -0.3 is 14.6 Å². The highest BCUT2D eigenvalue weighted by Gasteiger charge is 2.50. The maximum absolute atomic E-state index is 12.1. The van der Waals surface area contributed by atoms with Crippen LogP contribution < -0.4 is 10.4 Å². The number of ether oxygens (including phenoxy) is 2. The van der Waals surface area contributed by atoms with Crippen molar-refractivity contribution < 1.29 is 14.6 Å². The van der Waals surface area contributed by atoms with Gasteiger partial charge in [0.1, 0.15) is 5.60 Å². The van der Waals surface area contributed by atoms with Gasteiger partial charge in [0.2, 0.25) is 5.88 Å². The van der Waals surface area contributed by atoms with Gasteiger partial charge in [-0.3, -0.25) is 4.57 Å². The number of hydrogen-bond donors (Lipinski definition) is 1. The zero-order valence-corrected chi connectivity index (χ0v) is 12.4. The van der Waals surface area contributed by atoms with E-state index in [2.05, 4.69) is 4.98 Å². The Labute approximate surface area is 118 Å². The van der Waals surface area contributed by atoms with Crippen LogP contribution >= 0.6 is 0 Å². The smallest absolute Gasteiger partial charge is 0.353 e. The lowest BCUT2D eigenvalue weighted by molar-refractivity contribution is -0.0876. The Morgan fingerprint density at radius 1 is 1.55 bits per heavy atom. The first-order valence-corrected chi connectivity index (χ1v) is 7.01. The highest BCUT2D eigenvalue weighted by molar-refractivity contribution is 5.07. The summed E-state index contributed by atoms with van der Waals surface area (Å²) in [6.07, 6.45) is 1.55. The summed E-state index contributed by atoms with van der Waals surface area (Å²) in [5, 5.41) is 10.6. The molecule has 4 atom stereocenters. The average molecular weight is 282 g/mol. The molecule has 1 N–H and O–H groups in total. The van der Waals surface area contributed by atoms with Gasteiger partial charge in [0.15, 0.2) is 6.23 Å². The summed E-state index contributed by atoms with van der Waals surface area (Å²) in [4.78, 5) is 15.9. The van der Waals surface area contributed by atoms with Crippen molar-refractivity contribution in [2.45, 2.75) is 52.0 Å². The fourth-order valence-electron chi connectivity index (χ4n) is 2.62. The van der Waals surface area contributed by atoms with Gasteiger partial charge in [0.05, 0.1) is 12.7 Å². The van der Waals surface area contributed by atoms with Crippen LogP contribution in [0.5, 0.6) is 5.88 Å². The molecule has 1 unspecified atom stereocenters. The SMILES string of the molecule is CCOc1ccn([C@@H]2O[C@H](CC)C(C)[C@]2(C)O)c(=O)n1. The van der Waals surface area contributed by atoms with Gasteiger partial charge >= 0.3 is 5.69 Å². The van der Waals surface area contributed by atoms with E-state index in [1.807, 2.05) is 20.8 Å². The zero-order valence-electron chi connectivity index (χ0n) is 12.4. The van der Waals surface area contributed by atoms with E-state index in [9.17, 15) is 9.90 Å². The Bertz CT molecular complexity index is 526. The summed E-state index contributed by atoms with van der Waals surface area (Å²) in [7, 11) is 0. The number of nitrogens with zero attached hydrogens (tertiary/aromatic N) is 2. The third-order valence-electron chi connectivity index (χ3n) is 4.03. The quantitative estimate of drug-likeness (QED) is 0.902. The second kappa shape index (κ2) is 5.54. The van der Waals surface area contributed by atoms with Crippen LogP contribution in [-0.4, -0.2) is 33.0 Å². The Kier molecular flexibility index (Phi) is 4.15. The van der Waals surface area contributed by atoms with Gasteiger partial charge in [-0.2, -0.15) is 4.98 Å². The molecule has 2 heterocycles. The van der Waals surface area contributed by atoms with Gasteiger partial charge in [0, 0.05) is 18.2 Å². The van der Waals surface area contributed by atoms with Crippen molar-refractivity contribution in [2.24, 2.45) is 5.92 Å². The molecule has 1 fully saturated rings. The summed E-state index contributed by atoms with van der Waals surface area (Å²) in [6, 6.07) is 1.61. The number of aromatic nitrogens is 2. The minimum atomic E-state index is -1.11. The maximum atomic E-state index is 12.1. The van der Waals surface area contributed by atoms with Crippen molar-refractivity contribution in [2.75, 3.05) is 6.61 Å². The molecule has 0 radical (unpaired) electrons. The molecule has 1 aliphatic heterocycles. The van der Waals surface area contributed by atoms with E-state index in [0.717, 1.165) is 6.42 Å². The van der Waals surface area contributed by atoms with Crippen molar-refractivity contribution in [3.63, 3.8) is 0 Å². The van der Waals surface area contributed by atoms with Crippen molar-refractivity contribution >= 4 is 0 Å². The number of hydrogen-bond acceptors (Lipinski definition) is 5. The molecule has 112 valence electrons. The molecule has 6 nitrogen and oxygen atoms in total. The fourth-order valence-corrected chi connectivity index (χ4v) is 2.62. The highest BCUT2D eigenvalue weighted by atomic mass is 16.5. The van der Waals surface area contributed by atoms with Crippen molar-refractivity contribution in [1.29, 1.82) is 0 Å². The molecule has 1 aromatic rings. The normalized spacial score (nSPS) is 33.4. The predicted molar refractivity (Wildman–Crippen MR) is 73.7 cm³/mol. The monoisotopic (exact) mass is 282 g/mol. The zero-order chi connectivity index (χ0) is 14.9. The molecular formula is C14H22N2O4. The Hall–Kier alpha value is -1.40. The van der Waals surface area contributed by atoms with Gasteiger partial charge in [0.25, 0.3) is 0 Å². The first kappa shape index (κ1) is 15.0. The second-order valence-corrected chi connectivity index (χ2v) is 5.34. The van der Waals surface area contributed by atoms with Crippen molar-refractivity contribution in [3.05, 3.63) is 22.7 Å². The van der Waals surface area contributed by atoms with Crippen LogP contribution in [0.15, 0.2) is 17.1 Å². The molecule has 0 spiro atoms. The second-order valence-electron chi connectivity index (χ2n) is 5.34. The predicted octanol–water partition coefficient (Wildman–Crippen LogP) is 1.34. The lowest BCUT2D eigenvalue weighted by atomic mass is 9.87. The first-order chi connectivity index (χ1) is 9.41. The number of aliphatic hydroxyl groups is 1. The average Bonchev–Trinajstić information content (AvgIpc) is 2.62. The van der Waals surface area contributed by atoms with Crippen LogP contribution in [0, 0.1) is 5.92 Å². The molecule has 0 saturated carbocycles. The summed E-state index contributed by atoms with van der Waals surface area (Å²) < 4.78 is 12.4. The van der Waals surface area contributed by atoms with Crippen LogP contribution in [-0.2, 0) is 4.74 Å². The van der Waals surface area contributed by atoms with Crippen LogP contribution in [0.1, 0.15) is 40.3 Å². The molecular weight excluding hydrogens is 260 g/mol. The Morgan fingerprint density at radius 2 is 2.25 bits per heavy atom. The van der Waals surface area contributed by atoms with E-state index in [1.165, 1.54) is 4.57 Å². The fraction of sp³-hybridized carbons (Fsp3) is 0.714. The van der Waals surface area contributed by atoms with Crippen LogP contribution in [0.4, 0.5) is 0 Å². The van der Waals surface area contributed by atoms with Gasteiger partial charge in [-0.15, -0.1) is 0 Å². The first-order valence-electron chi connectivity index (χ1n) is 7.01. The lowest BCUT2D eigenvalue weighted by Crippen LogP contribution is -2.41. The number of rotatable bonds is 4. The maximum Gasteiger partial charge on any atom is 0.353 e. The standard InChI is InChI=1S/C14H22N2O4/c1-5-10-9(3)14(4,18)12(20-10)16-8-7-11(19-6-2)15-13(16)17/h7-10,12,18H,5-6H2,1-4H3/t9?,10-,12-,14+/m1/s1. The van der Waals surface area contributed by atoms with Crippen molar-refractivity contribution in [3.8, 4) is 5.88 Å². The lowest BCUT2D eigenvalue weighted by Gasteiger charge is -2.28. The van der Waals surface area contributed by atoms with Crippen LogP contribution in [0.25, 0.3) is 0 Å². The van der Waals surface area contributed by atoms with Crippen LogP contribution in [0.3, 0.4) is 0 Å². The van der Waals surface area contributed by atoms with Gasteiger partial charge in [-0.25, -0.2) is 4.79 Å². The minimum Gasteiger partial charge on any atom is -0.478 e. The molecule has 0 aliphatic carbocycles. The van der Waals surface area contributed by atoms with Crippen molar-refractivity contribution in [1.82, 2.24) is 9.55 Å². The van der Waals surface area contributed by atoms with Gasteiger partial charge in [-0.1, -0.05) is 13.8 Å². The van der Waals surface area contributed by atoms with E-state index < -0.39 is 17.5 Å². The van der Waals surface area contributed by atoms with Crippen LogP contribution in [0.2, 0.25) is 0 Å². The minimum absolute atomic E-state index is 0.0593. The summed E-state index contributed by atoms with van der Waals surface area (Å²) in [6.45, 7) is 7.90. The molecule has 0 amide bonds. The highest BCUT2D eigenvalue weighted by Crippen LogP contribution is 2.42. The van der Waals surface area contributed by atoms with E-state index in [0.29, 0.717) is 6.61 Å². The topological polar surface area (TPSA) is 73.6 Å². The van der Waals surface area contributed by atoms with E-state index in [1.54, 1.807) is 19.2 Å². The van der Waals surface area contributed by atoms with Gasteiger partial charge in [-0.05, 0) is 20.3 Å². The summed E-state index contributed by atoms with van der Waals surface area (Å²) in [5.74, 6) is 0.224. The molecule has 0 bridgehead atoms. The molecule has 1 aromatic heterocycles.